The van der Waals surface area contributed by atoms with Crippen LogP contribution in [0.3, 0.4) is 0 Å². The van der Waals surface area contributed by atoms with Crippen LogP contribution in [-0.2, 0) is 8.85 Å². The lowest BCUT2D eigenvalue weighted by atomic mass is 10.1. The van der Waals surface area contributed by atoms with E-state index in [1.165, 1.54) is 81.0 Å². The average molecular weight is 481 g/mol. The third-order valence-electron chi connectivity index (χ3n) is 6.34. The molecule has 2 aromatic rings. The van der Waals surface area contributed by atoms with Crippen LogP contribution in [0.2, 0.25) is 0 Å². The van der Waals surface area contributed by atoms with E-state index in [1.807, 2.05) is 0 Å². The maximum Gasteiger partial charge on any atom is 0.407 e. The monoisotopic (exact) mass is 480 g/mol. The molecule has 0 heterocycles. The topological polar surface area (TPSA) is 18.5 Å². The molecule has 0 radical (unpaired) electrons. The molecule has 0 bridgehead atoms. The van der Waals surface area contributed by atoms with Crippen LogP contribution >= 0.6 is 0 Å². The van der Waals surface area contributed by atoms with Gasteiger partial charge in [0.15, 0.2) is 0 Å². The smallest absolute Gasteiger partial charge is 0.388 e. The Morgan fingerprint density at radius 2 is 1.00 bits per heavy atom. The van der Waals surface area contributed by atoms with Gasteiger partial charge in [0, 0.05) is 13.2 Å². The fourth-order valence-electron chi connectivity index (χ4n) is 4.33. The van der Waals surface area contributed by atoms with Crippen LogP contribution in [-0.4, -0.2) is 21.8 Å². The van der Waals surface area contributed by atoms with E-state index < -0.39 is 8.56 Å². The summed E-state index contributed by atoms with van der Waals surface area (Å²) in [6, 6.07) is 21.3. The van der Waals surface area contributed by atoms with Crippen LogP contribution in [0.4, 0.5) is 0 Å². The van der Waals surface area contributed by atoms with E-state index in [9.17, 15) is 0 Å². The number of benzene rings is 2. The maximum atomic E-state index is 6.80. The maximum absolute atomic E-state index is 6.80. The molecule has 0 unspecified atom stereocenters. The zero-order chi connectivity index (χ0) is 24.2. The Morgan fingerprint density at radius 1 is 0.529 bits per heavy atom. The molecule has 0 saturated heterocycles. The minimum absolute atomic E-state index is 0.692. The third kappa shape index (κ3) is 10.7. The summed E-state index contributed by atoms with van der Waals surface area (Å²) in [4.78, 5) is 0. The van der Waals surface area contributed by atoms with Gasteiger partial charge < -0.3 is 8.85 Å². The van der Waals surface area contributed by atoms with Gasteiger partial charge in [-0.05, 0) is 36.1 Å². The molecule has 2 nitrogen and oxygen atoms in total. The molecule has 0 aliphatic rings. The van der Waals surface area contributed by atoms with Gasteiger partial charge in [-0.1, -0.05) is 144 Å². The van der Waals surface area contributed by atoms with E-state index in [-0.39, 0.29) is 0 Å². The molecule has 0 spiro atoms. The van der Waals surface area contributed by atoms with Gasteiger partial charge in [-0.2, -0.15) is 0 Å². The number of allylic oxidation sites excluding steroid dienone is 1. The lowest BCUT2D eigenvalue weighted by Crippen LogP contribution is -2.63. The van der Waals surface area contributed by atoms with E-state index in [2.05, 4.69) is 86.7 Å². The molecule has 0 amide bonds. The van der Waals surface area contributed by atoms with Crippen molar-refractivity contribution in [2.24, 2.45) is 0 Å². The lowest BCUT2D eigenvalue weighted by molar-refractivity contribution is 0.190. The first-order chi connectivity index (χ1) is 16.8. The second-order valence-corrected chi connectivity index (χ2v) is 12.2. The van der Waals surface area contributed by atoms with Gasteiger partial charge >= 0.3 is 8.56 Å². The van der Waals surface area contributed by atoms with E-state index in [4.69, 9.17) is 8.85 Å². The zero-order valence-electron chi connectivity index (χ0n) is 21.9. The van der Waals surface area contributed by atoms with Gasteiger partial charge in [0.1, 0.15) is 0 Å². The van der Waals surface area contributed by atoms with E-state index in [1.54, 1.807) is 0 Å². The van der Waals surface area contributed by atoms with Crippen LogP contribution in [0, 0.1) is 0 Å². The van der Waals surface area contributed by atoms with Crippen molar-refractivity contribution in [3.8, 4) is 0 Å². The molecule has 188 valence electrons. The summed E-state index contributed by atoms with van der Waals surface area (Å²) in [5.74, 6) is 0. The number of hydrogen-bond acceptors (Lipinski definition) is 2. The number of hydrogen-bond donors (Lipinski definition) is 0. The Labute approximate surface area is 211 Å². The quantitative estimate of drug-likeness (QED) is 0.109. The van der Waals surface area contributed by atoms with Crippen LogP contribution in [0.15, 0.2) is 72.8 Å². The van der Waals surface area contributed by atoms with Gasteiger partial charge in [-0.15, -0.1) is 0 Å². The molecular weight excluding hydrogens is 432 g/mol. The Bertz CT molecular complexity index is 705. The summed E-state index contributed by atoms with van der Waals surface area (Å²) in [6.45, 7) is 5.98. The van der Waals surface area contributed by atoms with Crippen molar-refractivity contribution in [1.82, 2.24) is 0 Å². The van der Waals surface area contributed by atoms with Crippen molar-refractivity contribution in [2.45, 2.75) is 97.3 Å². The van der Waals surface area contributed by atoms with Crippen molar-refractivity contribution in [2.75, 3.05) is 13.2 Å². The molecule has 0 aromatic heterocycles. The third-order valence-corrected chi connectivity index (χ3v) is 9.75. The zero-order valence-corrected chi connectivity index (χ0v) is 22.9. The van der Waals surface area contributed by atoms with E-state index in [0.29, 0.717) is 6.61 Å². The Morgan fingerprint density at radius 3 is 1.59 bits per heavy atom. The molecule has 0 atom stereocenters. The summed E-state index contributed by atoms with van der Waals surface area (Å²) in [7, 11) is -2.75. The Hall–Kier alpha value is -1.68. The molecule has 0 N–H and O–H groups in total. The van der Waals surface area contributed by atoms with Crippen molar-refractivity contribution in [3.05, 3.63) is 72.8 Å². The highest BCUT2D eigenvalue weighted by Crippen LogP contribution is 2.14. The molecule has 0 aliphatic heterocycles. The normalized spacial score (nSPS) is 11.9. The van der Waals surface area contributed by atoms with E-state index >= 15 is 0 Å². The SMILES string of the molecule is CCCCC/C=C/CCO[Si](OCCCCCCCCCC)(c1ccccc1)c1ccccc1. The van der Waals surface area contributed by atoms with Crippen molar-refractivity contribution < 1.29 is 8.85 Å². The number of unbranched alkanes of at least 4 members (excludes halogenated alkanes) is 10. The molecule has 2 aromatic carbocycles. The highest BCUT2D eigenvalue weighted by Gasteiger charge is 2.42. The predicted molar refractivity (Wildman–Crippen MR) is 150 cm³/mol. The summed E-state index contributed by atoms with van der Waals surface area (Å²) in [5.41, 5.74) is 0. The van der Waals surface area contributed by atoms with Crippen LogP contribution < -0.4 is 10.4 Å². The fraction of sp³-hybridized carbons (Fsp3) is 0.548. The molecule has 0 aliphatic carbocycles. The van der Waals surface area contributed by atoms with Gasteiger partial charge in [-0.25, -0.2) is 0 Å². The van der Waals surface area contributed by atoms with Crippen molar-refractivity contribution in [1.29, 1.82) is 0 Å². The Kier molecular flexibility index (Phi) is 15.6. The predicted octanol–water partition coefficient (Wildman–Crippen LogP) is 7.94. The van der Waals surface area contributed by atoms with Crippen LogP contribution in [0.25, 0.3) is 0 Å². The number of rotatable bonds is 20. The summed E-state index contributed by atoms with van der Waals surface area (Å²) >= 11 is 0. The molecule has 0 saturated carbocycles. The minimum atomic E-state index is -2.75. The van der Waals surface area contributed by atoms with Gasteiger partial charge in [0.25, 0.3) is 0 Å². The van der Waals surface area contributed by atoms with Gasteiger partial charge in [0.05, 0.1) is 0 Å². The van der Waals surface area contributed by atoms with Crippen molar-refractivity contribution in [3.63, 3.8) is 0 Å². The highest BCUT2D eigenvalue weighted by molar-refractivity contribution is 6.92. The van der Waals surface area contributed by atoms with Crippen molar-refractivity contribution >= 4 is 18.9 Å². The fourth-order valence-corrected chi connectivity index (χ4v) is 7.51. The molecule has 34 heavy (non-hydrogen) atoms. The Balaban J connectivity index is 2.00. The summed E-state index contributed by atoms with van der Waals surface area (Å²) < 4.78 is 13.6. The first-order valence-corrected chi connectivity index (χ1v) is 15.7. The lowest BCUT2D eigenvalue weighted by Gasteiger charge is -2.31. The average Bonchev–Trinajstić information content (AvgIpc) is 2.89. The molecule has 0 fully saturated rings. The van der Waals surface area contributed by atoms with Crippen LogP contribution in [0.5, 0.6) is 0 Å². The molecule has 2 rings (SSSR count). The first kappa shape index (κ1) is 28.6. The van der Waals surface area contributed by atoms with Gasteiger partial charge in [-0.3, -0.25) is 0 Å². The van der Waals surface area contributed by atoms with E-state index in [0.717, 1.165) is 19.4 Å². The second kappa shape index (κ2) is 18.6. The molecular formula is C31H48O2Si. The standard InChI is InChI=1S/C31H48O2Si/c1-3-5-7-9-11-13-15-23-29-33-34(30-24-18-16-19-25-30,31-26-20-17-21-27-31)32-28-22-14-12-10-8-6-4-2/h12,14,16-21,24-27H,3-11,13,15,22-23,28-29H2,1-2H3/b14-12+. The van der Waals surface area contributed by atoms with Gasteiger partial charge in [0.2, 0.25) is 0 Å². The first-order valence-electron chi connectivity index (χ1n) is 13.9. The second-order valence-electron chi connectivity index (χ2n) is 9.28. The minimum Gasteiger partial charge on any atom is -0.388 e. The largest absolute Gasteiger partial charge is 0.407 e. The summed E-state index contributed by atoms with van der Waals surface area (Å²) in [5, 5.41) is 2.40. The van der Waals surface area contributed by atoms with Crippen LogP contribution in [0.1, 0.15) is 97.3 Å². The summed E-state index contributed by atoms with van der Waals surface area (Å²) in [6.07, 6.45) is 21.0. The highest BCUT2D eigenvalue weighted by atomic mass is 28.4. The molecule has 3 heteroatoms.